The largest absolute Gasteiger partial charge is 0.387 e. The number of aromatic nitrogens is 2. The number of piperazine rings is 1. The Hall–Kier alpha value is -1.90. The Morgan fingerprint density at radius 3 is 2.50 bits per heavy atom. The molecule has 1 aliphatic rings. The molecule has 0 amide bonds. The van der Waals surface area contributed by atoms with Crippen LogP contribution in [0.3, 0.4) is 0 Å². The highest BCUT2D eigenvalue weighted by Gasteiger charge is 2.21. The Bertz CT molecular complexity index is 686. The van der Waals surface area contributed by atoms with Gasteiger partial charge in [0.05, 0.1) is 12.6 Å². The molecule has 130 valence electrons. The summed E-state index contributed by atoms with van der Waals surface area (Å²) in [7, 11) is 0. The SMILES string of the molecule is Cc1noc(CN2CCN(CC(O)c3ccc(F)c(F)c3)CC2)n1. The van der Waals surface area contributed by atoms with Gasteiger partial charge in [-0.15, -0.1) is 0 Å². The predicted molar refractivity (Wildman–Crippen MR) is 82.1 cm³/mol. The van der Waals surface area contributed by atoms with Crippen molar-refractivity contribution in [3.05, 3.63) is 47.1 Å². The van der Waals surface area contributed by atoms with Gasteiger partial charge in [0.15, 0.2) is 17.5 Å². The van der Waals surface area contributed by atoms with E-state index in [9.17, 15) is 13.9 Å². The number of rotatable bonds is 5. The first-order chi connectivity index (χ1) is 11.5. The summed E-state index contributed by atoms with van der Waals surface area (Å²) < 4.78 is 31.3. The van der Waals surface area contributed by atoms with Gasteiger partial charge < -0.3 is 9.63 Å². The summed E-state index contributed by atoms with van der Waals surface area (Å²) in [6, 6.07) is 3.50. The topological polar surface area (TPSA) is 65.6 Å². The standard InChI is InChI=1S/C16H20F2N4O2/c1-11-19-16(24-20-11)10-22-6-4-21(5-7-22)9-15(23)12-2-3-13(17)14(18)8-12/h2-3,8,15,23H,4-7,9-10H2,1H3. The zero-order valence-corrected chi connectivity index (χ0v) is 13.5. The van der Waals surface area contributed by atoms with Gasteiger partial charge in [-0.1, -0.05) is 11.2 Å². The molecule has 1 saturated heterocycles. The van der Waals surface area contributed by atoms with E-state index in [1.807, 2.05) is 0 Å². The van der Waals surface area contributed by atoms with Gasteiger partial charge in [0, 0.05) is 32.7 Å². The molecule has 0 bridgehead atoms. The van der Waals surface area contributed by atoms with Crippen LogP contribution in [0.4, 0.5) is 8.78 Å². The molecule has 1 aromatic heterocycles. The highest BCUT2D eigenvalue weighted by atomic mass is 19.2. The first-order valence-corrected chi connectivity index (χ1v) is 7.88. The molecule has 6 nitrogen and oxygen atoms in total. The van der Waals surface area contributed by atoms with E-state index in [0.717, 1.165) is 38.3 Å². The third-order valence-corrected chi connectivity index (χ3v) is 4.15. The average Bonchev–Trinajstić information content (AvgIpc) is 2.97. The fourth-order valence-corrected chi connectivity index (χ4v) is 2.80. The number of benzene rings is 1. The van der Waals surface area contributed by atoms with Crippen molar-refractivity contribution in [1.82, 2.24) is 19.9 Å². The number of hydrogen-bond donors (Lipinski definition) is 1. The summed E-state index contributed by atoms with van der Waals surface area (Å²) in [6.07, 6.45) is -0.842. The minimum Gasteiger partial charge on any atom is -0.387 e. The molecule has 8 heteroatoms. The van der Waals surface area contributed by atoms with Gasteiger partial charge in [-0.3, -0.25) is 9.80 Å². The lowest BCUT2D eigenvalue weighted by atomic mass is 10.1. The van der Waals surface area contributed by atoms with E-state index in [1.54, 1.807) is 6.92 Å². The maximum atomic E-state index is 13.3. The van der Waals surface area contributed by atoms with E-state index in [4.69, 9.17) is 4.52 Å². The quantitative estimate of drug-likeness (QED) is 0.891. The smallest absolute Gasteiger partial charge is 0.240 e. The summed E-state index contributed by atoms with van der Waals surface area (Å²) in [5, 5.41) is 14.0. The van der Waals surface area contributed by atoms with Crippen LogP contribution in [0.2, 0.25) is 0 Å². The zero-order valence-electron chi connectivity index (χ0n) is 13.5. The van der Waals surface area contributed by atoms with Crippen LogP contribution in [-0.4, -0.2) is 57.8 Å². The van der Waals surface area contributed by atoms with Crippen LogP contribution in [-0.2, 0) is 6.54 Å². The van der Waals surface area contributed by atoms with Crippen molar-refractivity contribution in [2.45, 2.75) is 19.6 Å². The van der Waals surface area contributed by atoms with E-state index in [0.29, 0.717) is 30.4 Å². The van der Waals surface area contributed by atoms with Crippen LogP contribution in [0.5, 0.6) is 0 Å². The third kappa shape index (κ3) is 4.14. The lowest BCUT2D eigenvalue weighted by Crippen LogP contribution is -2.47. The summed E-state index contributed by atoms with van der Waals surface area (Å²) in [4.78, 5) is 8.49. The monoisotopic (exact) mass is 338 g/mol. The molecule has 1 atom stereocenters. The predicted octanol–water partition coefficient (Wildman–Crippen LogP) is 1.51. The van der Waals surface area contributed by atoms with Crippen molar-refractivity contribution in [2.24, 2.45) is 0 Å². The lowest BCUT2D eigenvalue weighted by Gasteiger charge is -2.34. The first-order valence-electron chi connectivity index (χ1n) is 7.88. The second-order valence-corrected chi connectivity index (χ2v) is 6.00. The summed E-state index contributed by atoms with van der Waals surface area (Å²) in [6.45, 7) is 5.95. The van der Waals surface area contributed by atoms with Gasteiger partial charge >= 0.3 is 0 Å². The van der Waals surface area contributed by atoms with Gasteiger partial charge in [-0.25, -0.2) is 8.78 Å². The van der Waals surface area contributed by atoms with Gasteiger partial charge in [0.2, 0.25) is 5.89 Å². The number of hydrogen-bond acceptors (Lipinski definition) is 6. The molecule has 0 spiro atoms. The zero-order chi connectivity index (χ0) is 17.1. The average molecular weight is 338 g/mol. The molecular weight excluding hydrogens is 318 g/mol. The summed E-state index contributed by atoms with van der Waals surface area (Å²) in [5.41, 5.74) is 0.387. The molecule has 2 aromatic rings. The van der Waals surface area contributed by atoms with Gasteiger partial charge in [-0.05, 0) is 24.6 Å². The number of aryl methyl sites for hydroxylation is 1. The van der Waals surface area contributed by atoms with Gasteiger partial charge in [0.25, 0.3) is 0 Å². The normalized spacial score (nSPS) is 18.0. The third-order valence-electron chi connectivity index (χ3n) is 4.15. The van der Waals surface area contributed by atoms with Crippen molar-refractivity contribution < 1.29 is 18.4 Å². The van der Waals surface area contributed by atoms with Crippen LogP contribution in [0, 0.1) is 18.6 Å². The number of aliphatic hydroxyl groups is 1. The van der Waals surface area contributed by atoms with Crippen molar-refractivity contribution >= 4 is 0 Å². The molecular formula is C16H20F2N4O2. The number of aliphatic hydroxyl groups excluding tert-OH is 1. The summed E-state index contributed by atoms with van der Waals surface area (Å²) >= 11 is 0. The van der Waals surface area contributed by atoms with E-state index in [-0.39, 0.29) is 0 Å². The molecule has 1 N–H and O–H groups in total. The lowest BCUT2D eigenvalue weighted by molar-refractivity contribution is 0.0662. The minimum absolute atomic E-state index is 0.387. The maximum Gasteiger partial charge on any atom is 0.240 e. The number of nitrogens with zero attached hydrogens (tertiary/aromatic N) is 4. The molecule has 1 aromatic carbocycles. The molecule has 24 heavy (non-hydrogen) atoms. The van der Waals surface area contributed by atoms with Crippen LogP contribution >= 0.6 is 0 Å². The molecule has 0 saturated carbocycles. The fourth-order valence-electron chi connectivity index (χ4n) is 2.80. The second kappa shape index (κ2) is 7.33. The van der Waals surface area contributed by atoms with Crippen LogP contribution in [0.25, 0.3) is 0 Å². The summed E-state index contributed by atoms with van der Waals surface area (Å²) in [5.74, 6) is -0.622. The molecule has 2 heterocycles. The van der Waals surface area contributed by atoms with Crippen molar-refractivity contribution in [3.63, 3.8) is 0 Å². The highest BCUT2D eigenvalue weighted by molar-refractivity contribution is 5.20. The van der Waals surface area contributed by atoms with E-state index >= 15 is 0 Å². The molecule has 0 radical (unpaired) electrons. The Kier molecular flexibility index (Phi) is 5.17. The maximum absolute atomic E-state index is 13.3. The molecule has 0 aliphatic carbocycles. The molecule has 1 aliphatic heterocycles. The minimum atomic E-state index is -0.939. The first kappa shape index (κ1) is 16.9. The fraction of sp³-hybridized carbons (Fsp3) is 0.500. The van der Waals surface area contributed by atoms with Gasteiger partial charge in [-0.2, -0.15) is 4.98 Å². The van der Waals surface area contributed by atoms with E-state index < -0.39 is 17.7 Å². The Morgan fingerprint density at radius 1 is 1.17 bits per heavy atom. The van der Waals surface area contributed by atoms with Crippen molar-refractivity contribution in [2.75, 3.05) is 32.7 Å². The molecule has 1 unspecified atom stereocenters. The van der Waals surface area contributed by atoms with Crippen molar-refractivity contribution in [3.8, 4) is 0 Å². The van der Waals surface area contributed by atoms with E-state index in [1.165, 1.54) is 6.07 Å². The number of β-amino-alcohol motifs (C(OH)–C–C–N with tert-alkyl or cyclic N) is 1. The van der Waals surface area contributed by atoms with Gasteiger partial charge in [0.1, 0.15) is 0 Å². The molecule has 1 fully saturated rings. The second-order valence-electron chi connectivity index (χ2n) is 6.00. The Balaban J connectivity index is 1.48. The highest BCUT2D eigenvalue weighted by Crippen LogP contribution is 2.18. The van der Waals surface area contributed by atoms with E-state index in [2.05, 4.69) is 19.9 Å². The van der Waals surface area contributed by atoms with Crippen molar-refractivity contribution in [1.29, 1.82) is 0 Å². The number of halogens is 2. The van der Waals surface area contributed by atoms with Crippen LogP contribution in [0.15, 0.2) is 22.7 Å². The Labute approximate surface area is 138 Å². The Morgan fingerprint density at radius 2 is 1.88 bits per heavy atom. The van der Waals surface area contributed by atoms with Crippen LogP contribution in [0.1, 0.15) is 23.4 Å². The van der Waals surface area contributed by atoms with Crippen LogP contribution < -0.4 is 0 Å². The molecule has 3 rings (SSSR count).